The molecule has 0 aromatic rings. The van der Waals surface area contributed by atoms with Crippen LogP contribution in [0.1, 0.15) is 47.0 Å². The minimum absolute atomic E-state index is 0.268. The predicted octanol–water partition coefficient (Wildman–Crippen LogP) is 1.86. The van der Waals surface area contributed by atoms with Gasteiger partial charge in [0.15, 0.2) is 0 Å². The van der Waals surface area contributed by atoms with E-state index in [1.807, 2.05) is 0 Å². The normalized spacial score (nSPS) is 18.4. The molecule has 2 N–H and O–H groups in total. The molecule has 0 aliphatic heterocycles. The third-order valence-corrected chi connectivity index (χ3v) is 3.36. The van der Waals surface area contributed by atoms with Gasteiger partial charge in [0, 0.05) is 24.7 Å². The van der Waals surface area contributed by atoms with Crippen molar-refractivity contribution in [3.05, 3.63) is 0 Å². The molecule has 1 aliphatic rings. The second-order valence-electron chi connectivity index (χ2n) is 6.09. The zero-order chi connectivity index (χ0) is 12.8. The van der Waals surface area contributed by atoms with Gasteiger partial charge in [-0.05, 0) is 45.6 Å². The summed E-state index contributed by atoms with van der Waals surface area (Å²) >= 11 is 0. The summed E-state index contributed by atoms with van der Waals surface area (Å²) in [4.78, 5) is 2.52. The molecule has 0 bridgehead atoms. The molecule has 102 valence electrons. The average Bonchev–Trinajstić information content (AvgIpc) is 3.05. The van der Waals surface area contributed by atoms with E-state index in [-0.39, 0.29) is 12.6 Å². The molecule has 0 saturated heterocycles. The van der Waals surface area contributed by atoms with Gasteiger partial charge in [0.2, 0.25) is 0 Å². The third-order valence-electron chi connectivity index (χ3n) is 3.36. The van der Waals surface area contributed by atoms with Crippen LogP contribution in [0, 0.1) is 5.92 Å². The second kappa shape index (κ2) is 7.34. The van der Waals surface area contributed by atoms with E-state index in [1.54, 1.807) is 0 Å². The van der Waals surface area contributed by atoms with Crippen molar-refractivity contribution in [1.29, 1.82) is 0 Å². The fraction of sp³-hybridized carbons (Fsp3) is 1.00. The summed E-state index contributed by atoms with van der Waals surface area (Å²) in [6, 6.07) is 1.57. The van der Waals surface area contributed by atoms with Gasteiger partial charge < -0.3 is 15.3 Å². The Labute approximate surface area is 107 Å². The Balaban J connectivity index is 2.27. The highest BCUT2D eigenvalue weighted by Crippen LogP contribution is 2.20. The highest BCUT2D eigenvalue weighted by Gasteiger charge is 2.24. The first kappa shape index (κ1) is 14.9. The van der Waals surface area contributed by atoms with E-state index in [2.05, 4.69) is 37.9 Å². The summed E-state index contributed by atoms with van der Waals surface area (Å²) in [6.45, 7) is 11.5. The Bertz CT molecular complexity index is 202. The molecule has 1 aliphatic carbocycles. The van der Waals surface area contributed by atoms with Gasteiger partial charge >= 0.3 is 0 Å². The van der Waals surface area contributed by atoms with E-state index in [0.717, 1.165) is 19.5 Å². The zero-order valence-electron chi connectivity index (χ0n) is 11.9. The van der Waals surface area contributed by atoms with Crippen LogP contribution in [0.4, 0.5) is 0 Å². The first-order valence-corrected chi connectivity index (χ1v) is 7.13. The maximum atomic E-state index is 9.36. The zero-order valence-corrected chi connectivity index (χ0v) is 11.9. The van der Waals surface area contributed by atoms with Gasteiger partial charge in [0.05, 0.1) is 6.61 Å². The number of aliphatic hydroxyl groups excluding tert-OH is 1. The Morgan fingerprint density at radius 3 is 2.29 bits per heavy atom. The molecule has 0 radical (unpaired) electrons. The predicted molar refractivity (Wildman–Crippen MR) is 73.2 cm³/mol. The quantitative estimate of drug-likeness (QED) is 0.648. The van der Waals surface area contributed by atoms with Crippen molar-refractivity contribution in [2.45, 2.75) is 65.1 Å². The summed E-state index contributed by atoms with van der Waals surface area (Å²) in [5.41, 5.74) is 0. The van der Waals surface area contributed by atoms with E-state index in [4.69, 9.17) is 0 Å². The van der Waals surface area contributed by atoms with E-state index in [1.165, 1.54) is 12.8 Å². The SMILES string of the molecule is CC(C)CN(CCC(CO)NC1CC1)C(C)C. The summed E-state index contributed by atoms with van der Waals surface area (Å²) in [7, 11) is 0. The molecule has 3 nitrogen and oxygen atoms in total. The molecular weight excluding hydrogens is 212 g/mol. The minimum atomic E-state index is 0.268. The van der Waals surface area contributed by atoms with Crippen molar-refractivity contribution in [2.75, 3.05) is 19.7 Å². The second-order valence-corrected chi connectivity index (χ2v) is 6.09. The highest BCUT2D eigenvalue weighted by atomic mass is 16.3. The van der Waals surface area contributed by atoms with Crippen molar-refractivity contribution in [2.24, 2.45) is 5.92 Å². The van der Waals surface area contributed by atoms with Crippen LogP contribution in [-0.4, -0.2) is 47.8 Å². The monoisotopic (exact) mass is 242 g/mol. The lowest BCUT2D eigenvalue weighted by molar-refractivity contribution is 0.168. The highest BCUT2D eigenvalue weighted by molar-refractivity contribution is 4.85. The van der Waals surface area contributed by atoms with Crippen molar-refractivity contribution in [1.82, 2.24) is 10.2 Å². The maximum absolute atomic E-state index is 9.36. The van der Waals surface area contributed by atoms with Crippen LogP contribution < -0.4 is 5.32 Å². The first-order valence-electron chi connectivity index (χ1n) is 7.13. The summed E-state index contributed by atoms with van der Waals surface area (Å²) in [5, 5.41) is 12.9. The molecule has 0 amide bonds. The molecule has 0 aromatic carbocycles. The van der Waals surface area contributed by atoms with Crippen LogP contribution in [0.2, 0.25) is 0 Å². The maximum Gasteiger partial charge on any atom is 0.0585 e. The largest absolute Gasteiger partial charge is 0.395 e. The lowest BCUT2D eigenvalue weighted by Crippen LogP contribution is -2.41. The number of nitrogens with one attached hydrogen (secondary N) is 1. The average molecular weight is 242 g/mol. The molecular formula is C14H30N2O. The summed E-state index contributed by atoms with van der Waals surface area (Å²) in [6.07, 6.45) is 3.63. The smallest absolute Gasteiger partial charge is 0.0585 e. The van der Waals surface area contributed by atoms with E-state index >= 15 is 0 Å². The van der Waals surface area contributed by atoms with Crippen molar-refractivity contribution in [3.8, 4) is 0 Å². The van der Waals surface area contributed by atoms with Gasteiger partial charge in [-0.1, -0.05) is 13.8 Å². The minimum Gasteiger partial charge on any atom is -0.395 e. The van der Waals surface area contributed by atoms with Crippen LogP contribution >= 0.6 is 0 Å². The number of aliphatic hydroxyl groups is 1. The number of rotatable bonds is 9. The van der Waals surface area contributed by atoms with Crippen molar-refractivity contribution < 1.29 is 5.11 Å². The van der Waals surface area contributed by atoms with E-state index in [0.29, 0.717) is 18.0 Å². The fourth-order valence-corrected chi connectivity index (χ4v) is 2.16. The molecule has 1 saturated carbocycles. The molecule has 0 heterocycles. The molecule has 3 heteroatoms. The van der Waals surface area contributed by atoms with Crippen LogP contribution in [0.15, 0.2) is 0 Å². The van der Waals surface area contributed by atoms with Crippen molar-refractivity contribution in [3.63, 3.8) is 0 Å². The van der Waals surface area contributed by atoms with Crippen LogP contribution in [0.3, 0.4) is 0 Å². The number of nitrogens with zero attached hydrogens (tertiary/aromatic N) is 1. The van der Waals surface area contributed by atoms with Gasteiger partial charge in [-0.2, -0.15) is 0 Å². The lowest BCUT2D eigenvalue weighted by Gasteiger charge is -2.29. The fourth-order valence-electron chi connectivity index (χ4n) is 2.16. The van der Waals surface area contributed by atoms with Crippen LogP contribution in [0.25, 0.3) is 0 Å². The summed E-state index contributed by atoms with van der Waals surface area (Å²) in [5.74, 6) is 0.710. The third kappa shape index (κ3) is 6.39. The first-order chi connectivity index (χ1) is 8.02. The van der Waals surface area contributed by atoms with Gasteiger partial charge in [-0.25, -0.2) is 0 Å². The molecule has 17 heavy (non-hydrogen) atoms. The van der Waals surface area contributed by atoms with Crippen molar-refractivity contribution >= 4 is 0 Å². The van der Waals surface area contributed by atoms with Crippen LogP contribution in [-0.2, 0) is 0 Å². The Hall–Kier alpha value is -0.120. The molecule has 1 unspecified atom stereocenters. The van der Waals surface area contributed by atoms with Crippen LogP contribution in [0.5, 0.6) is 0 Å². The van der Waals surface area contributed by atoms with E-state index < -0.39 is 0 Å². The Kier molecular flexibility index (Phi) is 6.45. The van der Waals surface area contributed by atoms with Gasteiger partial charge in [-0.15, -0.1) is 0 Å². The van der Waals surface area contributed by atoms with Gasteiger partial charge in [0.25, 0.3) is 0 Å². The van der Waals surface area contributed by atoms with E-state index in [9.17, 15) is 5.11 Å². The molecule has 0 aromatic heterocycles. The molecule has 0 spiro atoms. The molecule has 1 atom stereocenters. The van der Waals surface area contributed by atoms with Gasteiger partial charge in [0.1, 0.15) is 0 Å². The Morgan fingerprint density at radius 2 is 1.88 bits per heavy atom. The van der Waals surface area contributed by atoms with Gasteiger partial charge in [-0.3, -0.25) is 0 Å². The lowest BCUT2D eigenvalue weighted by atomic mass is 10.1. The number of hydrogen-bond acceptors (Lipinski definition) is 3. The standard InChI is InChI=1S/C14H30N2O/c1-11(2)9-16(12(3)4)8-7-14(10-17)15-13-5-6-13/h11-15,17H,5-10H2,1-4H3. The molecule has 1 rings (SSSR count). The number of hydrogen-bond donors (Lipinski definition) is 2. The summed E-state index contributed by atoms with van der Waals surface area (Å²) < 4.78 is 0. The topological polar surface area (TPSA) is 35.5 Å². The molecule has 1 fully saturated rings. The Morgan fingerprint density at radius 1 is 1.24 bits per heavy atom.